The Morgan fingerprint density at radius 2 is 1.81 bits per heavy atom. The quantitative estimate of drug-likeness (QED) is 0.699. The van der Waals surface area contributed by atoms with E-state index in [4.69, 9.17) is 0 Å². The molecule has 0 atom stereocenters. The van der Waals surface area contributed by atoms with Crippen molar-refractivity contribution in [2.75, 3.05) is 32.7 Å². The number of sulfonamides is 1. The minimum absolute atomic E-state index is 0.150. The van der Waals surface area contributed by atoms with E-state index in [2.05, 4.69) is 5.32 Å². The second-order valence-electron chi connectivity index (χ2n) is 6.16. The van der Waals surface area contributed by atoms with Crippen molar-refractivity contribution in [1.82, 2.24) is 14.5 Å². The number of benzene rings is 1. The van der Waals surface area contributed by atoms with Gasteiger partial charge in [0.05, 0.1) is 4.90 Å². The first-order chi connectivity index (χ1) is 13.0. The number of rotatable bonds is 7. The molecule has 0 unspecified atom stereocenters. The molecule has 3 rings (SSSR count). The first-order valence-electron chi connectivity index (χ1n) is 8.61. The summed E-state index contributed by atoms with van der Waals surface area (Å²) in [7, 11) is -3.62. The fraction of sp³-hybridized carbons (Fsp3) is 0.333. The molecular formula is C18H21N3O4S2. The number of thiophene rings is 1. The highest BCUT2D eigenvalue weighted by molar-refractivity contribution is 7.89. The molecule has 1 fully saturated rings. The first kappa shape index (κ1) is 19.5. The van der Waals surface area contributed by atoms with E-state index >= 15 is 0 Å². The van der Waals surface area contributed by atoms with Gasteiger partial charge in [0.1, 0.15) is 0 Å². The number of carbonyl (C=O) groups is 2. The number of piperazine rings is 1. The summed E-state index contributed by atoms with van der Waals surface area (Å²) in [5.41, 5.74) is 0.422. The maximum Gasteiger partial charge on any atom is 0.251 e. The van der Waals surface area contributed by atoms with Crippen LogP contribution in [0.3, 0.4) is 0 Å². The van der Waals surface area contributed by atoms with Crippen LogP contribution in [-0.2, 0) is 21.2 Å². The summed E-state index contributed by atoms with van der Waals surface area (Å²) >= 11 is 1.65. The van der Waals surface area contributed by atoms with E-state index in [1.54, 1.807) is 16.2 Å². The minimum atomic E-state index is -3.62. The topological polar surface area (TPSA) is 86.8 Å². The summed E-state index contributed by atoms with van der Waals surface area (Å²) in [6, 6.07) is 9.94. The molecule has 0 saturated carbocycles. The number of amides is 2. The fourth-order valence-corrected chi connectivity index (χ4v) is 4.96. The molecule has 1 aliphatic heterocycles. The number of nitrogens with one attached hydrogen (secondary N) is 1. The van der Waals surface area contributed by atoms with E-state index in [0.29, 0.717) is 25.2 Å². The molecule has 7 nitrogen and oxygen atoms in total. The average molecular weight is 408 g/mol. The highest BCUT2D eigenvalue weighted by atomic mass is 32.2. The van der Waals surface area contributed by atoms with E-state index in [1.807, 2.05) is 17.5 Å². The summed E-state index contributed by atoms with van der Waals surface area (Å²) in [4.78, 5) is 25.9. The highest BCUT2D eigenvalue weighted by Gasteiger charge is 2.28. The van der Waals surface area contributed by atoms with E-state index in [0.717, 1.165) is 12.8 Å². The molecule has 2 amide bonds. The summed E-state index contributed by atoms with van der Waals surface area (Å²) in [5.74, 6) is -0.227. The van der Waals surface area contributed by atoms with E-state index in [1.165, 1.54) is 33.4 Å². The van der Waals surface area contributed by atoms with Gasteiger partial charge in [0.15, 0.2) is 0 Å². The molecule has 9 heteroatoms. The molecule has 2 heterocycles. The van der Waals surface area contributed by atoms with E-state index in [-0.39, 0.29) is 23.9 Å². The molecule has 1 aromatic heterocycles. The van der Waals surface area contributed by atoms with Crippen molar-refractivity contribution in [1.29, 1.82) is 0 Å². The van der Waals surface area contributed by atoms with Gasteiger partial charge in [0.25, 0.3) is 5.91 Å². The van der Waals surface area contributed by atoms with Gasteiger partial charge in [0.2, 0.25) is 16.4 Å². The maximum atomic E-state index is 12.7. The lowest BCUT2D eigenvalue weighted by atomic mass is 10.2. The molecule has 0 radical (unpaired) electrons. The first-order valence-corrected chi connectivity index (χ1v) is 10.9. The average Bonchev–Trinajstić information content (AvgIpc) is 3.21. The van der Waals surface area contributed by atoms with Gasteiger partial charge in [-0.15, -0.1) is 11.3 Å². The van der Waals surface area contributed by atoms with Crippen LogP contribution in [0.2, 0.25) is 0 Å². The van der Waals surface area contributed by atoms with Crippen molar-refractivity contribution in [3.8, 4) is 0 Å². The maximum absolute atomic E-state index is 12.7. The zero-order valence-electron chi connectivity index (χ0n) is 14.7. The number of nitrogens with zero attached hydrogens (tertiary/aromatic N) is 2. The largest absolute Gasteiger partial charge is 0.352 e. The Morgan fingerprint density at radius 3 is 2.41 bits per heavy atom. The van der Waals surface area contributed by atoms with E-state index < -0.39 is 10.0 Å². The van der Waals surface area contributed by atoms with Crippen LogP contribution in [0, 0.1) is 0 Å². The minimum Gasteiger partial charge on any atom is -0.352 e. The third-order valence-electron chi connectivity index (χ3n) is 4.41. The molecule has 2 aromatic rings. The van der Waals surface area contributed by atoms with Crippen LogP contribution in [0.4, 0.5) is 0 Å². The molecule has 1 aliphatic rings. The standard InChI is InChI=1S/C18H21N3O4S2/c22-14-20-9-11-21(12-10-20)27(24,25)17-5-3-15(4-6-17)18(23)19-8-7-16-2-1-13-26-16/h1-6,13-14H,7-12H2,(H,19,23). The Labute approximate surface area is 162 Å². The van der Waals surface area contributed by atoms with Gasteiger partial charge in [0, 0.05) is 43.2 Å². The summed E-state index contributed by atoms with van der Waals surface area (Å²) in [5, 5.41) is 4.83. The van der Waals surface area contributed by atoms with Gasteiger partial charge in [-0.3, -0.25) is 9.59 Å². The Bertz CT molecular complexity index is 872. The SMILES string of the molecule is O=CN1CCN(S(=O)(=O)c2ccc(C(=O)NCCc3cccs3)cc2)CC1. The summed E-state index contributed by atoms with van der Waals surface area (Å²) < 4.78 is 26.7. The van der Waals surface area contributed by atoms with Gasteiger partial charge in [-0.05, 0) is 42.1 Å². The normalized spacial score (nSPS) is 15.5. The lowest BCUT2D eigenvalue weighted by Gasteiger charge is -2.31. The molecule has 27 heavy (non-hydrogen) atoms. The highest BCUT2D eigenvalue weighted by Crippen LogP contribution is 2.18. The van der Waals surface area contributed by atoms with Crippen molar-refractivity contribution < 1.29 is 18.0 Å². The van der Waals surface area contributed by atoms with Gasteiger partial charge in [-0.1, -0.05) is 6.07 Å². The molecule has 1 aromatic carbocycles. The monoisotopic (exact) mass is 407 g/mol. The third kappa shape index (κ3) is 4.74. The molecule has 144 valence electrons. The molecule has 0 aliphatic carbocycles. The van der Waals surface area contributed by atoms with Gasteiger partial charge in [-0.2, -0.15) is 4.31 Å². The Balaban J connectivity index is 1.58. The second-order valence-corrected chi connectivity index (χ2v) is 9.13. The zero-order chi connectivity index (χ0) is 19.3. The third-order valence-corrected chi connectivity index (χ3v) is 7.26. The lowest BCUT2D eigenvalue weighted by molar-refractivity contribution is -0.119. The summed E-state index contributed by atoms with van der Waals surface area (Å²) in [6.45, 7) is 1.83. The predicted octanol–water partition coefficient (Wildman–Crippen LogP) is 1.18. The second kappa shape index (κ2) is 8.64. The number of hydrogen-bond acceptors (Lipinski definition) is 5. The van der Waals surface area contributed by atoms with Crippen LogP contribution in [0.5, 0.6) is 0 Å². The molecule has 0 spiro atoms. The van der Waals surface area contributed by atoms with Crippen molar-refractivity contribution in [2.45, 2.75) is 11.3 Å². The van der Waals surface area contributed by atoms with Crippen molar-refractivity contribution in [3.05, 3.63) is 52.2 Å². The van der Waals surface area contributed by atoms with Crippen LogP contribution in [-0.4, -0.2) is 62.7 Å². The number of carbonyl (C=O) groups excluding carboxylic acids is 2. The molecular weight excluding hydrogens is 386 g/mol. The van der Waals surface area contributed by atoms with Crippen LogP contribution in [0.15, 0.2) is 46.7 Å². The Kier molecular flexibility index (Phi) is 6.25. The van der Waals surface area contributed by atoms with Crippen LogP contribution < -0.4 is 5.32 Å². The molecule has 1 N–H and O–H groups in total. The van der Waals surface area contributed by atoms with Crippen LogP contribution in [0.1, 0.15) is 15.2 Å². The lowest BCUT2D eigenvalue weighted by Crippen LogP contribution is -2.47. The van der Waals surface area contributed by atoms with Crippen LogP contribution in [0.25, 0.3) is 0 Å². The smallest absolute Gasteiger partial charge is 0.251 e. The zero-order valence-corrected chi connectivity index (χ0v) is 16.3. The number of hydrogen-bond donors (Lipinski definition) is 1. The van der Waals surface area contributed by atoms with E-state index in [9.17, 15) is 18.0 Å². The Morgan fingerprint density at radius 1 is 1.11 bits per heavy atom. The molecule has 1 saturated heterocycles. The van der Waals surface area contributed by atoms with Gasteiger partial charge >= 0.3 is 0 Å². The van der Waals surface area contributed by atoms with Gasteiger partial charge < -0.3 is 10.2 Å². The van der Waals surface area contributed by atoms with Crippen molar-refractivity contribution in [3.63, 3.8) is 0 Å². The van der Waals surface area contributed by atoms with Crippen LogP contribution >= 0.6 is 11.3 Å². The Hall–Kier alpha value is -2.23. The van der Waals surface area contributed by atoms with Crippen molar-refractivity contribution >= 4 is 33.7 Å². The van der Waals surface area contributed by atoms with Crippen molar-refractivity contribution in [2.24, 2.45) is 0 Å². The fourth-order valence-electron chi connectivity index (χ4n) is 2.83. The van der Waals surface area contributed by atoms with Gasteiger partial charge in [-0.25, -0.2) is 8.42 Å². The predicted molar refractivity (Wildman–Crippen MR) is 103 cm³/mol. The molecule has 0 bridgehead atoms. The summed E-state index contributed by atoms with van der Waals surface area (Å²) in [6.07, 6.45) is 1.50.